The molecule has 1 saturated heterocycles. The molecule has 0 unspecified atom stereocenters. The van der Waals surface area contributed by atoms with E-state index in [1.165, 1.54) is 24.6 Å². The molecule has 3 rings (SSSR count). The SMILES string of the molecule is CCCOc1c(OCCCOP(=O)(O)O)c[c-]cc1S(=O)(=O)CC(C)=O.COc1cc([C@@H]2CCOC2)cc(OC)c1OC.[Na+]. The fourth-order valence-electron chi connectivity index (χ4n) is 4.03. The molecule has 0 aromatic heterocycles. The van der Waals surface area contributed by atoms with Crippen molar-refractivity contribution in [1.29, 1.82) is 0 Å². The molecule has 242 valence electrons. The van der Waals surface area contributed by atoms with Crippen molar-refractivity contribution in [3.05, 3.63) is 35.9 Å². The standard InChI is InChI=1S/C15H22O9PS.C13H18O4.Na/c1-3-8-23-15-13(22-9-5-10-24-25(17,18)19)6-4-7-14(15)26(20,21)11-12(2)16;1-14-11-6-10(9-4-5-17-8-9)7-12(15-2)13(11)16-3;/h6-7H,3,5,8-11H2,1-2H3,(H2,17,18,19);6-7,9H,4-5,8H2,1-3H3;/q-1;;+1/t;9-;/m.1./s1. The van der Waals surface area contributed by atoms with E-state index in [-0.39, 0.29) is 72.2 Å². The van der Waals surface area contributed by atoms with E-state index in [0.717, 1.165) is 19.6 Å². The van der Waals surface area contributed by atoms with Crippen LogP contribution in [0.15, 0.2) is 29.2 Å². The van der Waals surface area contributed by atoms with Gasteiger partial charge in [-0.05, 0) is 37.5 Å². The second kappa shape index (κ2) is 19.6. The Morgan fingerprint density at radius 2 is 1.66 bits per heavy atom. The van der Waals surface area contributed by atoms with E-state index < -0.39 is 29.2 Å². The number of hydrogen-bond donors (Lipinski definition) is 2. The van der Waals surface area contributed by atoms with Gasteiger partial charge in [-0.2, -0.15) is 12.1 Å². The molecule has 0 bridgehead atoms. The van der Waals surface area contributed by atoms with E-state index in [9.17, 15) is 17.8 Å². The van der Waals surface area contributed by atoms with Crippen LogP contribution < -0.4 is 53.2 Å². The van der Waals surface area contributed by atoms with E-state index >= 15 is 0 Å². The molecule has 2 N–H and O–H groups in total. The van der Waals surface area contributed by atoms with Gasteiger partial charge in [0.2, 0.25) is 5.75 Å². The van der Waals surface area contributed by atoms with Crippen molar-refractivity contribution >= 4 is 23.4 Å². The Hall–Kier alpha value is -1.87. The first-order valence-electron chi connectivity index (χ1n) is 13.5. The number of carbonyl (C=O) groups excluding carboxylic acids is 1. The van der Waals surface area contributed by atoms with Crippen LogP contribution in [0.25, 0.3) is 0 Å². The monoisotopic (exact) mass is 670 g/mol. The van der Waals surface area contributed by atoms with Gasteiger partial charge in [-0.25, -0.2) is 13.0 Å². The Labute approximate surface area is 280 Å². The smallest absolute Gasteiger partial charge is 0.547 e. The number of benzene rings is 2. The summed E-state index contributed by atoms with van der Waals surface area (Å²) in [5.74, 6) is 1.39. The Kier molecular flexibility index (Phi) is 17.9. The second-order valence-electron chi connectivity index (χ2n) is 9.37. The van der Waals surface area contributed by atoms with Gasteiger partial charge >= 0.3 is 37.4 Å². The minimum absolute atomic E-state index is 0. The number of phosphoric ester groups is 1. The van der Waals surface area contributed by atoms with Crippen molar-refractivity contribution in [2.24, 2.45) is 0 Å². The van der Waals surface area contributed by atoms with Crippen molar-refractivity contribution in [3.63, 3.8) is 0 Å². The quantitative estimate of drug-likeness (QED) is 0.111. The van der Waals surface area contributed by atoms with Gasteiger partial charge in [-0.15, -0.1) is 6.07 Å². The van der Waals surface area contributed by atoms with Crippen LogP contribution in [0.5, 0.6) is 28.7 Å². The third-order valence-corrected chi connectivity index (χ3v) is 8.23. The van der Waals surface area contributed by atoms with Gasteiger partial charge in [-0.1, -0.05) is 6.92 Å². The van der Waals surface area contributed by atoms with Crippen LogP contribution in [-0.2, 0) is 28.5 Å². The molecule has 44 heavy (non-hydrogen) atoms. The molecular weight excluding hydrogens is 630 g/mol. The summed E-state index contributed by atoms with van der Waals surface area (Å²) in [4.78, 5) is 28.2. The summed E-state index contributed by atoms with van der Waals surface area (Å²) in [5.41, 5.74) is 1.18. The molecule has 0 spiro atoms. The molecule has 1 aliphatic heterocycles. The maximum Gasteiger partial charge on any atom is 1.00 e. The molecule has 0 aliphatic carbocycles. The summed E-state index contributed by atoms with van der Waals surface area (Å²) in [6, 6.07) is 9.25. The molecule has 2 aromatic carbocycles. The van der Waals surface area contributed by atoms with Crippen LogP contribution >= 0.6 is 7.82 Å². The van der Waals surface area contributed by atoms with Crippen molar-refractivity contribution in [2.45, 2.75) is 43.9 Å². The summed E-state index contributed by atoms with van der Waals surface area (Å²) >= 11 is 0. The second-order valence-corrected chi connectivity index (χ2v) is 12.6. The van der Waals surface area contributed by atoms with Crippen molar-refractivity contribution in [3.8, 4) is 28.7 Å². The maximum atomic E-state index is 12.4. The number of ketones is 1. The molecule has 0 radical (unpaired) electrons. The van der Waals surface area contributed by atoms with Gasteiger partial charge in [-0.3, -0.25) is 9.32 Å². The number of rotatable bonds is 16. The number of ether oxygens (including phenoxy) is 6. The zero-order valence-corrected chi connectivity index (χ0v) is 29.7. The van der Waals surface area contributed by atoms with Gasteiger partial charge in [0.25, 0.3) is 0 Å². The summed E-state index contributed by atoms with van der Waals surface area (Å²) in [5, 5.41) is 0. The van der Waals surface area contributed by atoms with Crippen LogP contribution in [0.4, 0.5) is 0 Å². The fourth-order valence-corrected chi connectivity index (χ4v) is 5.78. The Balaban J connectivity index is 0.000000464. The van der Waals surface area contributed by atoms with Crippen molar-refractivity contribution in [2.75, 3.05) is 60.1 Å². The summed E-state index contributed by atoms with van der Waals surface area (Å²) in [6.07, 6.45) is 1.82. The largest absolute Gasteiger partial charge is 1.00 e. The third kappa shape index (κ3) is 12.9. The molecule has 0 amide bonds. The fraction of sp³-hybridized carbons (Fsp3) is 0.536. The number of methoxy groups -OCH3 is 3. The maximum absolute atomic E-state index is 12.4. The molecular formula is C28H40NaO13PS. The van der Waals surface area contributed by atoms with Gasteiger partial charge in [0.05, 0.1) is 53.5 Å². The summed E-state index contributed by atoms with van der Waals surface area (Å²) in [7, 11) is -3.58. The number of phosphoric acid groups is 1. The number of hydrogen-bond acceptors (Lipinski definition) is 11. The van der Waals surface area contributed by atoms with Gasteiger partial charge in [0.15, 0.2) is 11.5 Å². The van der Waals surface area contributed by atoms with E-state index in [2.05, 4.69) is 10.6 Å². The summed E-state index contributed by atoms with van der Waals surface area (Å²) in [6.45, 7) is 4.62. The molecule has 1 aliphatic rings. The topological polar surface area (TPSA) is 173 Å². The Morgan fingerprint density at radius 1 is 1.00 bits per heavy atom. The minimum atomic E-state index is -4.54. The molecule has 2 aromatic rings. The molecule has 16 heteroatoms. The molecule has 13 nitrogen and oxygen atoms in total. The first-order chi connectivity index (χ1) is 20.4. The normalized spacial score (nSPS) is 14.5. The predicted molar refractivity (Wildman–Crippen MR) is 156 cm³/mol. The predicted octanol–water partition coefficient (Wildman–Crippen LogP) is 0.737. The third-order valence-electron chi connectivity index (χ3n) is 5.95. The van der Waals surface area contributed by atoms with Crippen molar-refractivity contribution < 1.29 is 90.1 Å². The van der Waals surface area contributed by atoms with E-state index in [1.54, 1.807) is 21.3 Å². The van der Waals surface area contributed by atoms with Gasteiger partial charge in [0, 0.05) is 29.6 Å². The Morgan fingerprint density at radius 3 is 2.16 bits per heavy atom. The van der Waals surface area contributed by atoms with Crippen molar-refractivity contribution in [1.82, 2.24) is 0 Å². The van der Waals surface area contributed by atoms with Crippen LogP contribution in [0.1, 0.15) is 44.6 Å². The van der Waals surface area contributed by atoms with Gasteiger partial charge in [0.1, 0.15) is 21.4 Å². The van der Waals surface area contributed by atoms with Gasteiger partial charge < -0.3 is 38.2 Å². The van der Waals surface area contributed by atoms with Crippen LogP contribution in [0, 0.1) is 6.07 Å². The zero-order chi connectivity index (χ0) is 32.0. The van der Waals surface area contributed by atoms with E-state index in [1.807, 2.05) is 19.1 Å². The number of carbonyl (C=O) groups is 1. The number of sulfone groups is 1. The van der Waals surface area contributed by atoms with Crippen LogP contribution in [0.2, 0.25) is 0 Å². The minimum Gasteiger partial charge on any atom is -0.547 e. The average molecular weight is 671 g/mol. The molecule has 1 fully saturated rings. The van der Waals surface area contributed by atoms with Crippen LogP contribution in [0.3, 0.4) is 0 Å². The molecule has 1 heterocycles. The Bertz CT molecular complexity index is 1320. The summed E-state index contributed by atoms with van der Waals surface area (Å²) < 4.78 is 72.0. The zero-order valence-electron chi connectivity index (χ0n) is 26.0. The average Bonchev–Trinajstić information content (AvgIpc) is 3.49. The van der Waals surface area contributed by atoms with E-state index in [0.29, 0.717) is 29.6 Å². The molecule has 0 saturated carbocycles. The number of Topliss-reactive ketones (excluding diaryl/α,β-unsaturated/α-hetero) is 1. The first kappa shape index (κ1) is 40.2. The molecule has 1 atom stereocenters. The van der Waals surface area contributed by atoms with E-state index in [4.69, 9.17) is 38.2 Å². The van der Waals surface area contributed by atoms with Crippen LogP contribution in [-0.4, -0.2) is 84.1 Å². The first-order valence-corrected chi connectivity index (χ1v) is 16.6.